The van der Waals surface area contributed by atoms with Crippen molar-refractivity contribution in [3.8, 4) is 0 Å². The fourth-order valence-corrected chi connectivity index (χ4v) is 5.69. The van der Waals surface area contributed by atoms with Gasteiger partial charge in [0.1, 0.15) is 24.4 Å². The Bertz CT molecular complexity index is 657. The normalized spacial score (nSPS) is 22.2. The summed E-state index contributed by atoms with van der Waals surface area (Å²) in [5.41, 5.74) is 5.83. The molecule has 8 nitrogen and oxygen atoms in total. The highest BCUT2D eigenvalue weighted by atomic mass is 35.5. The van der Waals surface area contributed by atoms with E-state index in [1.54, 1.807) is 4.90 Å². The zero-order chi connectivity index (χ0) is 29.6. The Hall–Kier alpha value is -0.930. The smallest absolute Gasteiger partial charge is 0.224 e. The third-order valence-corrected chi connectivity index (χ3v) is 8.20. The van der Waals surface area contributed by atoms with Gasteiger partial charge in [0.15, 0.2) is 6.23 Å². The first-order chi connectivity index (χ1) is 19.4. The van der Waals surface area contributed by atoms with E-state index in [1.165, 1.54) is 90.4 Å². The predicted molar refractivity (Wildman–Crippen MR) is 170 cm³/mol. The number of aliphatic hydroxyl groups excluding tert-OH is 2. The molecule has 1 fully saturated rings. The Labute approximate surface area is 257 Å². The van der Waals surface area contributed by atoms with Crippen LogP contribution in [0.1, 0.15) is 149 Å². The van der Waals surface area contributed by atoms with Crippen LogP contribution in [0.3, 0.4) is 0 Å². The lowest BCUT2D eigenvalue weighted by molar-refractivity contribution is -0.222. The maximum atomic E-state index is 13.5. The summed E-state index contributed by atoms with van der Waals surface area (Å²) in [4.78, 5) is 27.2. The van der Waals surface area contributed by atoms with Crippen molar-refractivity contribution in [2.24, 2.45) is 5.73 Å². The number of amides is 2. The maximum Gasteiger partial charge on any atom is 0.224 e. The fourth-order valence-electron chi connectivity index (χ4n) is 5.69. The van der Waals surface area contributed by atoms with Gasteiger partial charge in [0.2, 0.25) is 11.8 Å². The molecule has 0 unspecified atom stereocenters. The van der Waals surface area contributed by atoms with E-state index in [0.29, 0.717) is 13.0 Å². The summed E-state index contributed by atoms with van der Waals surface area (Å²) in [6.07, 6.45) is 18.8. The standard InChI is InChI=1S/C32H63N3O5.ClH/c1-4-6-8-10-12-14-16-18-20-22-24-35(28(37)23-21-19-17-15-13-11-9-7-5-2)32-29(34-26(3)36)31(39)30(38)27(25-33)40-32;/h27,29-32,38-39H,4-25,33H2,1-3H3,(H,34,36);1H/t27-,29-,30-,31-,32-;/m1./s1. The topological polar surface area (TPSA) is 125 Å². The van der Waals surface area contributed by atoms with E-state index in [9.17, 15) is 19.8 Å². The molecule has 41 heavy (non-hydrogen) atoms. The number of halogens is 1. The molecule has 1 saturated heterocycles. The molecule has 1 aliphatic heterocycles. The molecule has 9 heteroatoms. The molecule has 1 heterocycles. The number of aliphatic hydroxyl groups is 2. The molecule has 0 aromatic rings. The number of unbranched alkanes of at least 4 members (excludes halogenated alkanes) is 17. The first kappa shape index (κ1) is 40.1. The summed E-state index contributed by atoms with van der Waals surface area (Å²) in [7, 11) is 0. The lowest BCUT2D eigenvalue weighted by Gasteiger charge is -2.47. The molecule has 0 aromatic carbocycles. The SMILES string of the molecule is CCCCCCCCCCCCN(C(=O)CCCCCCCCCCC)[C@@H]1O[C@H](CN)[C@@H](O)[C@H](O)[C@H]1NC(C)=O.Cl. The largest absolute Gasteiger partial charge is 0.388 e. The van der Waals surface area contributed by atoms with Crippen LogP contribution in [0.25, 0.3) is 0 Å². The van der Waals surface area contributed by atoms with Gasteiger partial charge in [-0.2, -0.15) is 0 Å². The number of nitrogens with zero attached hydrogens (tertiary/aromatic N) is 1. The summed E-state index contributed by atoms with van der Waals surface area (Å²) >= 11 is 0. The number of nitrogens with two attached hydrogens (primary N) is 1. The Kier molecular flexibility index (Phi) is 25.0. The van der Waals surface area contributed by atoms with Crippen LogP contribution in [0.15, 0.2) is 0 Å². The molecule has 0 saturated carbocycles. The molecule has 244 valence electrons. The average Bonchev–Trinajstić information content (AvgIpc) is 2.93. The summed E-state index contributed by atoms with van der Waals surface area (Å²) < 4.78 is 6.10. The van der Waals surface area contributed by atoms with Crippen LogP contribution >= 0.6 is 12.4 Å². The van der Waals surface area contributed by atoms with Gasteiger partial charge in [0, 0.05) is 26.4 Å². The van der Waals surface area contributed by atoms with Gasteiger partial charge in [0.25, 0.3) is 0 Å². The van der Waals surface area contributed by atoms with Crippen molar-refractivity contribution < 1.29 is 24.5 Å². The van der Waals surface area contributed by atoms with E-state index in [0.717, 1.165) is 38.5 Å². The highest BCUT2D eigenvalue weighted by Crippen LogP contribution is 2.25. The van der Waals surface area contributed by atoms with E-state index >= 15 is 0 Å². The second kappa shape index (κ2) is 25.6. The molecular formula is C32H64ClN3O5. The number of carbonyl (C=O) groups is 2. The van der Waals surface area contributed by atoms with Crippen LogP contribution in [0, 0.1) is 0 Å². The fraction of sp³-hybridized carbons (Fsp3) is 0.938. The van der Waals surface area contributed by atoms with Gasteiger partial charge >= 0.3 is 0 Å². The Morgan fingerprint density at radius 2 is 1.17 bits per heavy atom. The molecule has 0 aromatic heterocycles. The van der Waals surface area contributed by atoms with Crippen molar-refractivity contribution in [2.45, 2.75) is 180 Å². The molecule has 1 aliphatic rings. The molecule has 0 bridgehead atoms. The highest BCUT2D eigenvalue weighted by molar-refractivity contribution is 5.85. The molecule has 5 atom stereocenters. The van der Waals surface area contributed by atoms with Crippen molar-refractivity contribution >= 4 is 24.2 Å². The van der Waals surface area contributed by atoms with Crippen LogP contribution in [-0.2, 0) is 14.3 Å². The van der Waals surface area contributed by atoms with Crippen molar-refractivity contribution in [3.63, 3.8) is 0 Å². The van der Waals surface area contributed by atoms with Crippen LogP contribution in [-0.4, -0.2) is 70.6 Å². The second-order valence-electron chi connectivity index (χ2n) is 11.9. The van der Waals surface area contributed by atoms with Crippen molar-refractivity contribution in [2.75, 3.05) is 13.1 Å². The van der Waals surface area contributed by atoms with E-state index in [-0.39, 0.29) is 30.8 Å². The van der Waals surface area contributed by atoms with Gasteiger partial charge in [-0.15, -0.1) is 12.4 Å². The van der Waals surface area contributed by atoms with Crippen LogP contribution < -0.4 is 11.1 Å². The van der Waals surface area contributed by atoms with E-state index in [2.05, 4.69) is 19.2 Å². The van der Waals surface area contributed by atoms with Crippen molar-refractivity contribution in [1.29, 1.82) is 0 Å². The van der Waals surface area contributed by atoms with Gasteiger partial charge in [-0.1, -0.05) is 123 Å². The highest BCUT2D eigenvalue weighted by Gasteiger charge is 2.47. The van der Waals surface area contributed by atoms with Gasteiger partial charge in [-0.05, 0) is 12.8 Å². The number of nitrogens with one attached hydrogen (secondary N) is 1. The minimum absolute atomic E-state index is 0. The molecule has 1 rings (SSSR count). The minimum atomic E-state index is -1.27. The molecule has 0 spiro atoms. The third-order valence-electron chi connectivity index (χ3n) is 8.20. The summed E-state index contributed by atoms with van der Waals surface area (Å²) in [5.74, 6) is -0.375. The Morgan fingerprint density at radius 3 is 1.61 bits per heavy atom. The van der Waals surface area contributed by atoms with Crippen LogP contribution in [0.5, 0.6) is 0 Å². The van der Waals surface area contributed by atoms with Gasteiger partial charge in [-0.25, -0.2) is 0 Å². The molecule has 2 amide bonds. The maximum absolute atomic E-state index is 13.5. The average molecular weight is 606 g/mol. The van der Waals surface area contributed by atoms with E-state index in [1.807, 2.05) is 0 Å². The van der Waals surface area contributed by atoms with Gasteiger partial charge in [-0.3, -0.25) is 9.59 Å². The lowest BCUT2D eigenvalue weighted by Crippen LogP contribution is -2.69. The summed E-state index contributed by atoms with van der Waals surface area (Å²) in [6.45, 7) is 6.34. The molecular weight excluding hydrogens is 542 g/mol. The lowest BCUT2D eigenvalue weighted by atomic mass is 9.94. The molecule has 0 aliphatic carbocycles. The minimum Gasteiger partial charge on any atom is -0.388 e. The summed E-state index contributed by atoms with van der Waals surface area (Å²) in [5, 5.41) is 24.1. The number of hydrogen-bond acceptors (Lipinski definition) is 6. The van der Waals surface area contributed by atoms with Crippen LogP contribution in [0.2, 0.25) is 0 Å². The van der Waals surface area contributed by atoms with E-state index < -0.39 is 30.6 Å². The first-order valence-corrected chi connectivity index (χ1v) is 16.7. The zero-order valence-electron chi connectivity index (χ0n) is 26.5. The van der Waals surface area contributed by atoms with Crippen molar-refractivity contribution in [3.05, 3.63) is 0 Å². The van der Waals surface area contributed by atoms with Crippen molar-refractivity contribution in [1.82, 2.24) is 10.2 Å². The van der Waals surface area contributed by atoms with Crippen LogP contribution in [0.4, 0.5) is 0 Å². The number of ether oxygens (including phenoxy) is 1. The molecule has 5 N–H and O–H groups in total. The Balaban J connectivity index is 0.0000160. The monoisotopic (exact) mass is 605 g/mol. The van der Waals surface area contributed by atoms with E-state index in [4.69, 9.17) is 10.5 Å². The number of rotatable bonds is 24. The van der Waals surface area contributed by atoms with Gasteiger partial charge in [0.05, 0.1) is 0 Å². The number of hydrogen-bond donors (Lipinski definition) is 4. The zero-order valence-corrected chi connectivity index (χ0v) is 27.3. The molecule has 0 radical (unpaired) electrons. The quantitative estimate of drug-likeness (QED) is 0.100. The third kappa shape index (κ3) is 17.1. The predicted octanol–water partition coefficient (Wildman–Crippen LogP) is 5.99. The first-order valence-electron chi connectivity index (χ1n) is 16.7. The second-order valence-corrected chi connectivity index (χ2v) is 11.9. The summed E-state index contributed by atoms with van der Waals surface area (Å²) in [6, 6.07) is -0.912. The Morgan fingerprint density at radius 1 is 0.732 bits per heavy atom. The van der Waals surface area contributed by atoms with Gasteiger partial charge < -0.3 is 30.9 Å². The number of carbonyl (C=O) groups excluding carboxylic acids is 2.